The molecule has 0 bridgehead atoms. The van der Waals surface area contributed by atoms with Crippen LogP contribution in [0.1, 0.15) is 5.56 Å². The van der Waals surface area contributed by atoms with Gasteiger partial charge in [-0.1, -0.05) is 54.2 Å². The van der Waals surface area contributed by atoms with Gasteiger partial charge in [0.2, 0.25) is 0 Å². The number of aromatic nitrogens is 3. The molecule has 0 aliphatic carbocycles. The molecule has 0 aliphatic rings. The van der Waals surface area contributed by atoms with Gasteiger partial charge in [-0.2, -0.15) is 0 Å². The van der Waals surface area contributed by atoms with Gasteiger partial charge in [-0.25, -0.2) is 0 Å². The molecule has 3 aromatic rings. The summed E-state index contributed by atoms with van der Waals surface area (Å²) in [6, 6.07) is 14.9. The Balaban J connectivity index is 1.89. The van der Waals surface area contributed by atoms with Crippen LogP contribution in [0, 0.1) is 0 Å². The van der Waals surface area contributed by atoms with E-state index in [1.54, 1.807) is 18.1 Å². The zero-order valence-corrected chi connectivity index (χ0v) is 10.9. The lowest BCUT2D eigenvalue weighted by Crippen LogP contribution is -1.90. The van der Waals surface area contributed by atoms with E-state index in [4.69, 9.17) is 0 Å². The maximum absolute atomic E-state index is 4.09. The molecule has 0 atom stereocenters. The number of thioether (sulfide) groups is 1. The summed E-state index contributed by atoms with van der Waals surface area (Å²) in [6.45, 7) is 0. The van der Waals surface area contributed by atoms with Crippen molar-refractivity contribution in [1.29, 1.82) is 0 Å². The molecule has 0 N–H and O–H groups in total. The second kappa shape index (κ2) is 4.82. The van der Waals surface area contributed by atoms with E-state index in [1.807, 2.05) is 11.6 Å². The van der Waals surface area contributed by atoms with Crippen molar-refractivity contribution in [2.45, 2.75) is 10.9 Å². The normalized spacial score (nSPS) is 10.9. The summed E-state index contributed by atoms with van der Waals surface area (Å²) in [6.07, 6.45) is 1.73. The van der Waals surface area contributed by atoms with E-state index in [0.29, 0.717) is 0 Å². The maximum atomic E-state index is 4.09. The summed E-state index contributed by atoms with van der Waals surface area (Å²) >= 11 is 1.71. The molecule has 0 saturated carbocycles. The van der Waals surface area contributed by atoms with Crippen LogP contribution in [0.3, 0.4) is 0 Å². The molecule has 0 fully saturated rings. The Kier molecular flexibility index (Phi) is 3.02. The quantitative estimate of drug-likeness (QED) is 0.673. The van der Waals surface area contributed by atoms with Gasteiger partial charge < -0.3 is 4.57 Å². The fourth-order valence-electron chi connectivity index (χ4n) is 1.96. The van der Waals surface area contributed by atoms with E-state index < -0.39 is 0 Å². The van der Waals surface area contributed by atoms with E-state index in [0.717, 1.165) is 10.9 Å². The number of rotatable bonds is 3. The van der Waals surface area contributed by atoms with Crippen molar-refractivity contribution in [3.8, 4) is 0 Å². The first-order valence-corrected chi connectivity index (χ1v) is 6.76. The van der Waals surface area contributed by atoms with Gasteiger partial charge in [0.05, 0.1) is 0 Å². The van der Waals surface area contributed by atoms with Gasteiger partial charge in [-0.05, 0) is 16.3 Å². The van der Waals surface area contributed by atoms with Crippen molar-refractivity contribution < 1.29 is 0 Å². The van der Waals surface area contributed by atoms with Crippen molar-refractivity contribution in [2.75, 3.05) is 0 Å². The molecule has 0 unspecified atom stereocenters. The Labute approximate surface area is 110 Å². The third kappa shape index (κ3) is 2.11. The average molecular weight is 255 g/mol. The number of aryl methyl sites for hydroxylation is 1. The average Bonchev–Trinajstić information content (AvgIpc) is 2.82. The lowest BCUT2D eigenvalue weighted by Gasteiger charge is -2.05. The molecule has 90 valence electrons. The smallest absolute Gasteiger partial charge is 0.191 e. The molecule has 0 saturated heterocycles. The maximum Gasteiger partial charge on any atom is 0.191 e. The molecular formula is C14H13N3S. The molecule has 4 heteroatoms. The van der Waals surface area contributed by atoms with Gasteiger partial charge in [-0.15, -0.1) is 10.2 Å². The zero-order valence-electron chi connectivity index (χ0n) is 10.1. The summed E-state index contributed by atoms with van der Waals surface area (Å²) < 4.78 is 1.94. The molecular weight excluding hydrogens is 242 g/mol. The zero-order chi connectivity index (χ0) is 12.4. The fourth-order valence-corrected chi connectivity index (χ4v) is 2.86. The Hall–Kier alpha value is -1.81. The van der Waals surface area contributed by atoms with E-state index in [-0.39, 0.29) is 0 Å². The van der Waals surface area contributed by atoms with E-state index >= 15 is 0 Å². The van der Waals surface area contributed by atoms with E-state index in [1.165, 1.54) is 16.3 Å². The van der Waals surface area contributed by atoms with Gasteiger partial charge in [-0.3, -0.25) is 0 Å². The molecule has 3 rings (SSSR count). The molecule has 18 heavy (non-hydrogen) atoms. The third-order valence-corrected chi connectivity index (χ3v) is 3.99. The van der Waals surface area contributed by atoms with Crippen LogP contribution >= 0.6 is 11.8 Å². The highest BCUT2D eigenvalue weighted by atomic mass is 32.2. The van der Waals surface area contributed by atoms with Crippen molar-refractivity contribution in [1.82, 2.24) is 14.8 Å². The minimum atomic E-state index is 0.911. The molecule has 3 nitrogen and oxygen atoms in total. The second-order valence-corrected chi connectivity index (χ2v) is 5.09. The number of nitrogens with zero attached hydrogens (tertiary/aromatic N) is 3. The highest BCUT2D eigenvalue weighted by Crippen LogP contribution is 2.25. The molecule has 1 heterocycles. The van der Waals surface area contributed by atoms with Crippen LogP contribution in [0.25, 0.3) is 10.8 Å². The summed E-state index contributed by atoms with van der Waals surface area (Å²) in [7, 11) is 1.96. The van der Waals surface area contributed by atoms with Crippen LogP contribution in [-0.4, -0.2) is 14.8 Å². The van der Waals surface area contributed by atoms with Crippen LogP contribution in [0.15, 0.2) is 53.9 Å². The van der Waals surface area contributed by atoms with Gasteiger partial charge in [0.25, 0.3) is 0 Å². The van der Waals surface area contributed by atoms with Crippen LogP contribution in [-0.2, 0) is 12.8 Å². The summed E-state index contributed by atoms with van der Waals surface area (Å²) in [5, 5.41) is 11.5. The predicted octanol–water partition coefficient (Wildman–Crippen LogP) is 3.26. The number of fused-ring (bicyclic) bond motifs is 1. The highest BCUT2D eigenvalue weighted by Gasteiger charge is 2.04. The number of hydrogen-bond acceptors (Lipinski definition) is 3. The van der Waals surface area contributed by atoms with Crippen molar-refractivity contribution in [3.63, 3.8) is 0 Å². The Bertz CT molecular complexity index is 670. The Morgan fingerprint density at radius 1 is 1.11 bits per heavy atom. The van der Waals surface area contributed by atoms with Crippen molar-refractivity contribution >= 4 is 22.5 Å². The second-order valence-electron chi connectivity index (χ2n) is 4.15. The summed E-state index contributed by atoms with van der Waals surface area (Å²) in [4.78, 5) is 0. The summed E-state index contributed by atoms with van der Waals surface area (Å²) in [5.41, 5.74) is 1.33. The van der Waals surface area contributed by atoms with Gasteiger partial charge in [0.1, 0.15) is 6.33 Å². The molecule has 1 aromatic heterocycles. The molecule has 0 spiro atoms. The molecule has 2 aromatic carbocycles. The van der Waals surface area contributed by atoms with Crippen LogP contribution in [0.4, 0.5) is 0 Å². The highest BCUT2D eigenvalue weighted by molar-refractivity contribution is 7.98. The topological polar surface area (TPSA) is 30.7 Å². The lowest BCUT2D eigenvalue weighted by molar-refractivity contribution is 0.788. The third-order valence-electron chi connectivity index (χ3n) is 2.91. The standard InChI is InChI=1S/C14H13N3S/c1-17-10-15-16-14(17)18-9-12-7-4-6-11-5-2-3-8-13(11)12/h2-8,10H,9H2,1H3. The number of benzene rings is 2. The van der Waals surface area contributed by atoms with E-state index in [9.17, 15) is 0 Å². The van der Waals surface area contributed by atoms with Gasteiger partial charge >= 0.3 is 0 Å². The molecule has 0 radical (unpaired) electrons. The van der Waals surface area contributed by atoms with Gasteiger partial charge in [0, 0.05) is 12.8 Å². The first-order valence-electron chi connectivity index (χ1n) is 5.78. The largest absolute Gasteiger partial charge is 0.312 e. The number of hydrogen-bond donors (Lipinski definition) is 0. The monoisotopic (exact) mass is 255 g/mol. The first-order chi connectivity index (χ1) is 8.84. The van der Waals surface area contributed by atoms with Gasteiger partial charge in [0.15, 0.2) is 5.16 Å². The first kappa shape index (κ1) is 11.3. The molecule has 0 aliphatic heterocycles. The van der Waals surface area contributed by atoms with Crippen LogP contribution < -0.4 is 0 Å². The fraction of sp³-hybridized carbons (Fsp3) is 0.143. The Morgan fingerprint density at radius 2 is 1.94 bits per heavy atom. The van der Waals surface area contributed by atoms with Crippen LogP contribution in [0.2, 0.25) is 0 Å². The molecule has 0 amide bonds. The summed E-state index contributed by atoms with van der Waals surface area (Å²) in [5.74, 6) is 0.911. The SMILES string of the molecule is Cn1cnnc1SCc1cccc2ccccc12. The minimum absolute atomic E-state index is 0.911. The Morgan fingerprint density at radius 3 is 2.78 bits per heavy atom. The van der Waals surface area contributed by atoms with Crippen molar-refractivity contribution in [2.24, 2.45) is 7.05 Å². The predicted molar refractivity (Wildman–Crippen MR) is 74.5 cm³/mol. The lowest BCUT2D eigenvalue weighted by atomic mass is 10.1. The van der Waals surface area contributed by atoms with E-state index in [2.05, 4.69) is 52.7 Å². The van der Waals surface area contributed by atoms with Crippen molar-refractivity contribution in [3.05, 3.63) is 54.4 Å². The van der Waals surface area contributed by atoms with Crippen LogP contribution in [0.5, 0.6) is 0 Å². The minimum Gasteiger partial charge on any atom is -0.312 e.